The molecule has 0 spiro atoms. The highest BCUT2D eigenvalue weighted by molar-refractivity contribution is 5.85. The lowest BCUT2D eigenvalue weighted by molar-refractivity contribution is -0.151. The van der Waals surface area contributed by atoms with Crippen LogP contribution in [-0.4, -0.2) is 28.8 Å². The number of carbonyl (C=O) groups excluding carboxylic acids is 1. The van der Waals surface area contributed by atoms with Crippen molar-refractivity contribution in [2.45, 2.75) is 46.0 Å². The van der Waals surface area contributed by atoms with Crippen LogP contribution in [0.4, 0.5) is 0 Å². The second kappa shape index (κ2) is 11.5. The van der Waals surface area contributed by atoms with Gasteiger partial charge in [0, 0.05) is 11.5 Å². The van der Waals surface area contributed by atoms with Crippen LogP contribution in [0.25, 0.3) is 12.2 Å². The van der Waals surface area contributed by atoms with E-state index in [2.05, 4.69) is 31.2 Å². The van der Waals surface area contributed by atoms with Gasteiger partial charge in [-0.1, -0.05) is 68.8 Å². The highest BCUT2D eigenvalue weighted by Crippen LogP contribution is 2.42. The molecule has 5 heteroatoms. The van der Waals surface area contributed by atoms with Gasteiger partial charge in [-0.3, -0.25) is 4.79 Å². The molecule has 1 atom stereocenters. The standard InChI is InChI=1S/C29H32O5/c1-3-4-5-21-6-8-22(9-7-21)10-13-24(18-23-11-14-25(30)15-12-23)26(19-27(31)32)29(2)16-17-34-28(33)20-29/h6-15,18-19,30H,3-5,16-17,20H2,1-2H3,(H,31,32). The smallest absolute Gasteiger partial charge is 0.328 e. The van der Waals surface area contributed by atoms with E-state index in [0.29, 0.717) is 17.6 Å². The van der Waals surface area contributed by atoms with Crippen molar-refractivity contribution in [3.05, 3.63) is 88.5 Å². The summed E-state index contributed by atoms with van der Waals surface area (Å²) in [5, 5.41) is 19.3. The Balaban J connectivity index is 2.03. The molecule has 1 heterocycles. The zero-order valence-electron chi connectivity index (χ0n) is 19.8. The molecule has 2 aromatic carbocycles. The van der Waals surface area contributed by atoms with Crippen LogP contribution in [-0.2, 0) is 20.7 Å². The molecule has 34 heavy (non-hydrogen) atoms. The Morgan fingerprint density at radius 3 is 2.38 bits per heavy atom. The minimum absolute atomic E-state index is 0.110. The van der Waals surface area contributed by atoms with E-state index in [1.807, 2.05) is 25.2 Å². The topological polar surface area (TPSA) is 83.8 Å². The van der Waals surface area contributed by atoms with Gasteiger partial charge in [0.25, 0.3) is 0 Å². The number of allylic oxidation sites excluding steroid dienone is 3. The molecule has 0 aromatic heterocycles. The number of esters is 1. The summed E-state index contributed by atoms with van der Waals surface area (Å²) in [4.78, 5) is 23.9. The van der Waals surface area contributed by atoms with Crippen molar-refractivity contribution in [3.8, 4) is 5.75 Å². The molecular weight excluding hydrogens is 428 g/mol. The summed E-state index contributed by atoms with van der Waals surface area (Å²) in [6, 6.07) is 15.0. The quantitative estimate of drug-likeness (QED) is 0.265. The summed E-state index contributed by atoms with van der Waals surface area (Å²) in [7, 11) is 0. The maximum absolute atomic E-state index is 12.1. The van der Waals surface area contributed by atoms with E-state index in [1.165, 1.54) is 11.6 Å². The Bertz CT molecular complexity index is 1090. The van der Waals surface area contributed by atoms with E-state index in [9.17, 15) is 19.8 Å². The number of aryl methyl sites for hydroxylation is 1. The summed E-state index contributed by atoms with van der Waals surface area (Å²) >= 11 is 0. The molecule has 1 fully saturated rings. The first kappa shape index (κ1) is 25.0. The zero-order chi connectivity index (χ0) is 24.6. The largest absolute Gasteiger partial charge is 0.508 e. The molecule has 0 bridgehead atoms. The lowest BCUT2D eigenvalue weighted by Crippen LogP contribution is -2.32. The Morgan fingerprint density at radius 1 is 1.09 bits per heavy atom. The maximum atomic E-state index is 12.1. The maximum Gasteiger partial charge on any atom is 0.328 e. The van der Waals surface area contributed by atoms with Crippen molar-refractivity contribution in [2.24, 2.45) is 5.41 Å². The van der Waals surface area contributed by atoms with Crippen molar-refractivity contribution < 1.29 is 24.5 Å². The summed E-state index contributed by atoms with van der Waals surface area (Å²) in [6.07, 6.45) is 10.9. The average Bonchev–Trinajstić information content (AvgIpc) is 2.80. The number of ether oxygens (including phenoxy) is 1. The monoisotopic (exact) mass is 460 g/mol. The predicted octanol–water partition coefficient (Wildman–Crippen LogP) is 6.19. The van der Waals surface area contributed by atoms with E-state index in [0.717, 1.165) is 30.4 Å². The van der Waals surface area contributed by atoms with Crippen LogP contribution in [0, 0.1) is 5.41 Å². The highest BCUT2D eigenvalue weighted by Gasteiger charge is 2.37. The normalized spacial score (nSPS) is 19.3. The number of cyclic esters (lactones) is 1. The van der Waals surface area contributed by atoms with Gasteiger partial charge in [-0.15, -0.1) is 0 Å². The second-order valence-electron chi connectivity index (χ2n) is 8.97. The average molecular weight is 461 g/mol. The lowest BCUT2D eigenvalue weighted by atomic mass is 9.72. The number of hydrogen-bond acceptors (Lipinski definition) is 4. The molecule has 0 aliphatic carbocycles. The third-order valence-corrected chi connectivity index (χ3v) is 6.15. The molecule has 5 nitrogen and oxygen atoms in total. The molecular formula is C29H32O5. The van der Waals surface area contributed by atoms with Gasteiger partial charge in [0.05, 0.1) is 13.0 Å². The number of phenolic OH excluding ortho intramolecular Hbond substituents is 1. The number of aromatic hydroxyl groups is 1. The summed E-state index contributed by atoms with van der Waals surface area (Å²) in [5.41, 5.74) is 3.69. The number of carboxylic acid groups (broad SMARTS) is 1. The summed E-state index contributed by atoms with van der Waals surface area (Å²) in [5.74, 6) is -1.25. The van der Waals surface area contributed by atoms with Crippen molar-refractivity contribution in [1.82, 2.24) is 0 Å². The molecule has 0 amide bonds. The number of unbranched alkanes of at least 4 members (excludes halogenated alkanes) is 1. The number of rotatable bonds is 9. The number of phenols is 1. The number of aliphatic carboxylic acids is 1. The van der Waals surface area contributed by atoms with Crippen LogP contribution in [0.2, 0.25) is 0 Å². The van der Waals surface area contributed by atoms with Crippen molar-refractivity contribution in [3.63, 3.8) is 0 Å². The molecule has 1 aliphatic heterocycles. The fraction of sp³-hybridized carbons (Fsp3) is 0.310. The van der Waals surface area contributed by atoms with Crippen molar-refractivity contribution >= 4 is 24.1 Å². The summed E-state index contributed by atoms with van der Waals surface area (Å²) in [6.45, 7) is 4.33. The first-order valence-electron chi connectivity index (χ1n) is 11.7. The van der Waals surface area contributed by atoms with E-state index in [-0.39, 0.29) is 24.7 Å². The Labute approximate surface area is 201 Å². The van der Waals surface area contributed by atoms with Gasteiger partial charge in [0.2, 0.25) is 0 Å². The number of hydrogen-bond donors (Lipinski definition) is 2. The molecule has 0 saturated carbocycles. The third kappa shape index (κ3) is 6.95. The molecule has 178 valence electrons. The van der Waals surface area contributed by atoms with Gasteiger partial charge >= 0.3 is 11.9 Å². The predicted molar refractivity (Wildman–Crippen MR) is 134 cm³/mol. The van der Waals surface area contributed by atoms with E-state index in [4.69, 9.17) is 4.74 Å². The fourth-order valence-corrected chi connectivity index (χ4v) is 4.14. The van der Waals surface area contributed by atoms with Gasteiger partial charge < -0.3 is 14.9 Å². The van der Waals surface area contributed by atoms with E-state index < -0.39 is 11.4 Å². The molecule has 1 unspecified atom stereocenters. The van der Waals surface area contributed by atoms with Crippen LogP contribution in [0.1, 0.15) is 56.2 Å². The molecule has 1 aliphatic rings. The lowest BCUT2D eigenvalue weighted by Gasteiger charge is -2.35. The molecule has 1 saturated heterocycles. The van der Waals surface area contributed by atoms with Crippen LogP contribution in [0.5, 0.6) is 5.75 Å². The van der Waals surface area contributed by atoms with E-state index in [1.54, 1.807) is 24.3 Å². The SMILES string of the molecule is CCCCc1ccc(C=CC(=Cc2ccc(O)cc2)C(=CC(=O)O)C2(C)CCOC(=O)C2)cc1. The number of carbonyl (C=O) groups is 2. The van der Waals surface area contributed by atoms with Crippen LogP contribution in [0.3, 0.4) is 0 Å². The molecule has 2 N–H and O–H groups in total. The van der Waals surface area contributed by atoms with Gasteiger partial charge in [0.1, 0.15) is 5.75 Å². The fourth-order valence-electron chi connectivity index (χ4n) is 4.14. The van der Waals surface area contributed by atoms with Gasteiger partial charge in [0.15, 0.2) is 0 Å². The van der Waals surface area contributed by atoms with Crippen LogP contribution >= 0.6 is 0 Å². The Hall–Kier alpha value is -3.60. The van der Waals surface area contributed by atoms with Gasteiger partial charge in [-0.05, 0) is 65.3 Å². The van der Waals surface area contributed by atoms with Crippen molar-refractivity contribution in [2.75, 3.05) is 6.61 Å². The minimum Gasteiger partial charge on any atom is -0.508 e. The minimum atomic E-state index is -1.07. The number of benzene rings is 2. The third-order valence-electron chi connectivity index (χ3n) is 6.15. The second-order valence-corrected chi connectivity index (χ2v) is 8.97. The zero-order valence-corrected chi connectivity index (χ0v) is 19.8. The van der Waals surface area contributed by atoms with E-state index >= 15 is 0 Å². The van der Waals surface area contributed by atoms with Crippen LogP contribution < -0.4 is 0 Å². The highest BCUT2D eigenvalue weighted by atomic mass is 16.5. The van der Waals surface area contributed by atoms with Gasteiger partial charge in [-0.25, -0.2) is 4.79 Å². The number of carboxylic acids is 1. The van der Waals surface area contributed by atoms with Crippen molar-refractivity contribution in [1.29, 1.82) is 0 Å². The molecule has 0 radical (unpaired) electrons. The van der Waals surface area contributed by atoms with Gasteiger partial charge in [-0.2, -0.15) is 0 Å². The van der Waals surface area contributed by atoms with Crippen LogP contribution in [0.15, 0.2) is 71.8 Å². The Morgan fingerprint density at radius 2 is 1.76 bits per heavy atom. The molecule has 2 aromatic rings. The first-order valence-corrected chi connectivity index (χ1v) is 11.7. The summed E-state index contributed by atoms with van der Waals surface area (Å²) < 4.78 is 5.13. The molecule has 3 rings (SSSR count). The Kier molecular flexibility index (Phi) is 8.47. The first-order chi connectivity index (χ1) is 16.3.